The van der Waals surface area contributed by atoms with Gasteiger partial charge in [0.05, 0.1) is 5.69 Å². The molecule has 54 heavy (non-hydrogen) atoms. The Labute approximate surface area is 328 Å². The molecule has 275 valence electrons. The smallest absolute Gasteiger partial charge is 0.120 e. The topological polar surface area (TPSA) is 43.2 Å². The van der Waals surface area contributed by atoms with Crippen LogP contribution in [0.25, 0.3) is 16.9 Å². The minimum Gasteiger partial charge on any atom is -0.501 e. The van der Waals surface area contributed by atoms with Gasteiger partial charge in [0.25, 0.3) is 0 Å². The molecule has 0 bridgehead atoms. The summed E-state index contributed by atoms with van der Waals surface area (Å²) in [5.41, 5.74) is 11.0. The Bertz CT molecular complexity index is 2230. The number of fused-ring (bicyclic) bond motifs is 3. The zero-order chi connectivity index (χ0) is 36.3. The van der Waals surface area contributed by atoms with Crippen LogP contribution in [-0.4, -0.2) is 27.5 Å². The van der Waals surface area contributed by atoms with Crippen molar-refractivity contribution in [3.8, 4) is 11.3 Å². The van der Waals surface area contributed by atoms with E-state index in [4.69, 9.17) is 0 Å². The van der Waals surface area contributed by atoms with Crippen LogP contribution in [0.2, 0.25) is 0 Å². The molecule has 0 N–H and O–H groups in total. The number of aromatic nitrogens is 3. The Morgan fingerprint density at radius 2 is 1.19 bits per heavy atom. The summed E-state index contributed by atoms with van der Waals surface area (Å²) in [5, 5.41) is 0. The number of rotatable bonds is 8. The monoisotopic (exact) mass is 893 g/mol. The van der Waals surface area contributed by atoms with E-state index in [0.717, 1.165) is 88.3 Å². The first-order valence-electron chi connectivity index (χ1n) is 17.6. The van der Waals surface area contributed by atoms with E-state index in [1.165, 1.54) is 24.3 Å². The summed E-state index contributed by atoms with van der Waals surface area (Å²) in [4.78, 5) is 17.6. The first-order valence-corrected chi connectivity index (χ1v) is 17.6. The van der Waals surface area contributed by atoms with Crippen molar-refractivity contribution in [3.63, 3.8) is 0 Å². The average Bonchev–Trinajstić information content (AvgIpc) is 3.85. The number of aryl methyl sites for hydroxylation is 2. The van der Waals surface area contributed by atoms with E-state index < -0.39 is 0 Å². The molecule has 0 saturated heterocycles. The standard InChI is InChI=1S/C30H24F2N4.C14H12N3.Ir/c31-23-11-15-25(16-12-23)35-21-33(27-7-1-3-9-29(27)35)19-5-6-20-34-22-36(26-17-13-24(32)14-18-26)30-10-4-2-8-28(30)34;1-10-11(2)17-9-8-15-13(14(17)16-10)12-6-4-3-5-7-12;/h1-4,7-15,17,21-22H,5-6,19-20H2;3-6,8-9H,1-2H3;/q-4;-1;. The van der Waals surface area contributed by atoms with E-state index in [1.807, 2.05) is 61.7 Å². The largest absolute Gasteiger partial charge is 0.501 e. The van der Waals surface area contributed by atoms with Crippen molar-refractivity contribution in [2.45, 2.75) is 26.7 Å². The van der Waals surface area contributed by atoms with Crippen molar-refractivity contribution < 1.29 is 28.9 Å². The Kier molecular flexibility index (Phi) is 11.0. The number of imidazole rings is 1. The number of para-hydroxylation sites is 4. The van der Waals surface area contributed by atoms with Gasteiger partial charge in [-0.05, 0) is 64.0 Å². The first kappa shape index (κ1) is 36.8. The molecule has 10 heteroatoms. The molecule has 0 amide bonds. The van der Waals surface area contributed by atoms with Crippen molar-refractivity contribution in [3.05, 3.63) is 176 Å². The van der Waals surface area contributed by atoms with Gasteiger partial charge in [-0.1, -0.05) is 24.3 Å². The predicted molar refractivity (Wildman–Crippen MR) is 207 cm³/mol. The quantitative estimate of drug-likeness (QED) is 0.112. The van der Waals surface area contributed by atoms with Gasteiger partial charge in [0.2, 0.25) is 0 Å². The average molecular weight is 893 g/mol. The van der Waals surface area contributed by atoms with E-state index >= 15 is 0 Å². The van der Waals surface area contributed by atoms with Gasteiger partial charge in [0, 0.05) is 78.3 Å². The summed E-state index contributed by atoms with van der Waals surface area (Å²) in [5.74, 6) is -0.585. The Hall–Kier alpha value is -5.57. The van der Waals surface area contributed by atoms with Crippen LogP contribution in [0.15, 0.2) is 122 Å². The molecule has 0 unspecified atom stereocenters. The van der Waals surface area contributed by atoms with Crippen molar-refractivity contribution in [2.24, 2.45) is 0 Å². The van der Waals surface area contributed by atoms with Crippen LogP contribution in [0.1, 0.15) is 24.2 Å². The van der Waals surface area contributed by atoms with Crippen LogP contribution in [0.5, 0.6) is 0 Å². The molecule has 0 spiro atoms. The van der Waals surface area contributed by atoms with Crippen LogP contribution in [0, 0.1) is 57.0 Å². The van der Waals surface area contributed by atoms with Gasteiger partial charge in [0.15, 0.2) is 0 Å². The number of benzene rings is 5. The van der Waals surface area contributed by atoms with Gasteiger partial charge in [0.1, 0.15) is 5.65 Å². The fourth-order valence-corrected chi connectivity index (χ4v) is 6.69. The van der Waals surface area contributed by atoms with Crippen molar-refractivity contribution in [2.75, 3.05) is 32.7 Å². The first-order chi connectivity index (χ1) is 25.9. The Morgan fingerprint density at radius 3 is 1.69 bits per heavy atom. The molecule has 2 aliphatic rings. The second-order valence-corrected chi connectivity index (χ2v) is 12.9. The summed E-state index contributed by atoms with van der Waals surface area (Å²) in [6.07, 6.45) is 5.72. The molecular weight excluding hydrogens is 857 g/mol. The fraction of sp³-hybridized carbons (Fsp3) is 0.136. The summed E-state index contributed by atoms with van der Waals surface area (Å²) < 4.78 is 28.9. The van der Waals surface area contributed by atoms with Gasteiger partial charge in [-0.3, -0.25) is 13.8 Å². The molecule has 2 aromatic heterocycles. The minimum absolute atomic E-state index is 0. The molecular formula is C44H36F2IrN7-5. The van der Waals surface area contributed by atoms with E-state index in [9.17, 15) is 8.78 Å². The minimum atomic E-state index is -0.292. The molecule has 2 aliphatic heterocycles. The van der Waals surface area contributed by atoms with E-state index in [2.05, 4.69) is 96.7 Å². The number of hydrogen-bond acceptors (Lipinski definition) is 6. The number of unbranched alkanes of at least 4 members (excludes halogenated alkanes) is 1. The van der Waals surface area contributed by atoms with E-state index in [-0.39, 0.29) is 31.7 Å². The van der Waals surface area contributed by atoms with Gasteiger partial charge >= 0.3 is 0 Å². The maximum absolute atomic E-state index is 13.4. The van der Waals surface area contributed by atoms with Gasteiger partial charge in [-0.15, -0.1) is 83.7 Å². The van der Waals surface area contributed by atoms with Crippen molar-refractivity contribution in [1.29, 1.82) is 0 Å². The zero-order valence-electron chi connectivity index (χ0n) is 29.7. The van der Waals surface area contributed by atoms with Crippen LogP contribution in [0.4, 0.5) is 42.9 Å². The molecule has 7 aromatic rings. The summed E-state index contributed by atoms with van der Waals surface area (Å²) in [6, 6.07) is 42.7. The van der Waals surface area contributed by atoms with Crippen LogP contribution >= 0.6 is 0 Å². The Morgan fingerprint density at radius 1 is 0.648 bits per heavy atom. The second kappa shape index (κ2) is 16.2. The maximum atomic E-state index is 13.4. The molecule has 0 fully saturated rings. The molecule has 0 saturated carbocycles. The number of halogens is 2. The predicted octanol–water partition coefficient (Wildman–Crippen LogP) is 10.0. The summed E-state index contributed by atoms with van der Waals surface area (Å²) in [7, 11) is 0. The third-order valence-corrected chi connectivity index (χ3v) is 9.48. The molecule has 7 nitrogen and oxygen atoms in total. The fourth-order valence-electron chi connectivity index (χ4n) is 6.69. The van der Waals surface area contributed by atoms with Crippen molar-refractivity contribution in [1.82, 2.24) is 14.4 Å². The third-order valence-electron chi connectivity index (χ3n) is 9.48. The summed E-state index contributed by atoms with van der Waals surface area (Å²) in [6.45, 7) is 9.93. The zero-order valence-corrected chi connectivity index (χ0v) is 32.1. The molecule has 5 aromatic carbocycles. The van der Waals surface area contributed by atoms with E-state index in [0.29, 0.717) is 0 Å². The third kappa shape index (κ3) is 7.45. The van der Waals surface area contributed by atoms with Crippen LogP contribution in [-0.2, 0) is 20.1 Å². The normalized spacial score (nSPS) is 13.0. The molecule has 1 radical (unpaired) electrons. The van der Waals surface area contributed by atoms with Crippen LogP contribution < -0.4 is 19.6 Å². The number of nitrogens with zero attached hydrogens (tertiary/aromatic N) is 7. The molecule has 0 aliphatic carbocycles. The Balaban J connectivity index is 0.000000209. The molecule has 4 heterocycles. The van der Waals surface area contributed by atoms with Gasteiger partial charge in [-0.2, -0.15) is 25.5 Å². The second-order valence-electron chi connectivity index (χ2n) is 12.9. The van der Waals surface area contributed by atoms with Gasteiger partial charge in [-0.25, -0.2) is 4.98 Å². The molecule has 0 atom stereocenters. The number of hydrogen-bond donors (Lipinski definition) is 0. The maximum Gasteiger partial charge on any atom is 0.120 e. The SMILES string of the molecule is Cc1nc2c(-c3[c-]cccc3)nccn2c1C.Fc1c[c-]c(N2[CH-]N(CCCCN3[CH-]N(c4[c-]cc(F)cc4)c4ccccc43)c3ccccc32)cc1.[Ir]. The van der Waals surface area contributed by atoms with Crippen LogP contribution in [0.3, 0.4) is 0 Å². The van der Waals surface area contributed by atoms with Gasteiger partial charge < -0.3 is 24.0 Å². The van der Waals surface area contributed by atoms with E-state index in [1.54, 1.807) is 18.3 Å². The molecule has 9 rings (SSSR count). The summed E-state index contributed by atoms with van der Waals surface area (Å²) >= 11 is 0. The number of anilines is 6. The van der Waals surface area contributed by atoms with Crippen molar-refractivity contribution >= 4 is 39.8 Å².